The molecule has 1 N–H and O–H groups in total. The van der Waals surface area contributed by atoms with Crippen molar-refractivity contribution in [1.29, 1.82) is 5.26 Å². The second-order valence-electron chi connectivity index (χ2n) is 5.59. The number of amides is 2. The van der Waals surface area contributed by atoms with Crippen LogP contribution in [0.15, 0.2) is 24.3 Å². The van der Waals surface area contributed by atoms with E-state index in [9.17, 15) is 4.79 Å². The van der Waals surface area contributed by atoms with Gasteiger partial charge in [0.15, 0.2) is 0 Å². The van der Waals surface area contributed by atoms with E-state index in [4.69, 9.17) is 5.26 Å². The average Bonchev–Trinajstić information content (AvgIpc) is 2.96. The molecule has 0 fully saturated rings. The van der Waals surface area contributed by atoms with Gasteiger partial charge in [0.25, 0.3) is 0 Å². The summed E-state index contributed by atoms with van der Waals surface area (Å²) in [6.07, 6.45) is 0. The number of benzene rings is 1. The van der Waals surface area contributed by atoms with Gasteiger partial charge in [0.1, 0.15) is 5.01 Å². The molecular formula is C16H20N6OS. The molecule has 0 saturated carbocycles. The molecule has 0 aliphatic heterocycles. The van der Waals surface area contributed by atoms with Crippen LogP contribution in [0.5, 0.6) is 0 Å². The summed E-state index contributed by atoms with van der Waals surface area (Å²) in [6.45, 7) is 3.63. The molecule has 2 aromatic rings. The number of likely N-dealkylation sites (N-methyl/N-ethyl adjacent to an activating group) is 1. The number of nitriles is 1. The van der Waals surface area contributed by atoms with Gasteiger partial charge in [0.05, 0.1) is 11.6 Å². The number of rotatable bonds is 6. The fraction of sp³-hybridized carbons (Fsp3) is 0.375. The topological polar surface area (TPSA) is 85.2 Å². The van der Waals surface area contributed by atoms with Gasteiger partial charge in [-0.3, -0.25) is 5.32 Å². The first-order valence-corrected chi connectivity index (χ1v) is 8.29. The van der Waals surface area contributed by atoms with E-state index in [0.717, 1.165) is 17.1 Å². The minimum atomic E-state index is -0.211. The number of carbonyl (C=O) groups is 1. The minimum absolute atomic E-state index is 0.211. The molecule has 0 aliphatic rings. The van der Waals surface area contributed by atoms with Gasteiger partial charge >= 0.3 is 6.03 Å². The first kappa shape index (κ1) is 17.8. The van der Waals surface area contributed by atoms with Gasteiger partial charge in [0.2, 0.25) is 5.13 Å². The van der Waals surface area contributed by atoms with Crippen molar-refractivity contribution in [2.75, 3.05) is 32.5 Å². The van der Waals surface area contributed by atoms with Gasteiger partial charge < -0.3 is 9.80 Å². The summed E-state index contributed by atoms with van der Waals surface area (Å²) < 4.78 is 0. The van der Waals surface area contributed by atoms with Crippen molar-refractivity contribution < 1.29 is 4.79 Å². The molecule has 0 bridgehead atoms. The van der Waals surface area contributed by atoms with Crippen LogP contribution in [0.3, 0.4) is 0 Å². The predicted molar refractivity (Wildman–Crippen MR) is 93.8 cm³/mol. The van der Waals surface area contributed by atoms with Crippen molar-refractivity contribution in [1.82, 2.24) is 20.0 Å². The van der Waals surface area contributed by atoms with Crippen molar-refractivity contribution in [3.63, 3.8) is 0 Å². The number of aryl methyl sites for hydroxylation is 1. The van der Waals surface area contributed by atoms with E-state index in [1.165, 1.54) is 11.3 Å². The number of aromatic nitrogens is 2. The predicted octanol–water partition coefficient (Wildman–Crippen LogP) is 2.31. The van der Waals surface area contributed by atoms with Crippen LogP contribution in [0.25, 0.3) is 0 Å². The Balaban J connectivity index is 2.07. The van der Waals surface area contributed by atoms with Gasteiger partial charge in [-0.2, -0.15) is 5.26 Å². The largest absolute Gasteiger partial charge is 0.324 e. The number of urea groups is 1. The normalized spacial score (nSPS) is 10.5. The molecular weight excluding hydrogens is 324 g/mol. The number of carbonyl (C=O) groups excluding carboxylic acids is 1. The van der Waals surface area contributed by atoms with Crippen LogP contribution >= 0.6 is 11.3 Å². The SMILES string of the molecule is Cc1nnc(NC(=O)N(CCN(C)C)Cc2ccc(C#N)cc2)s1. The minimum Gasteiger partial charge on any atom is -0.319 e. The molecule has 0 aliphatic carbocycles. The molecule has 2 amide bonds. The first-order chi connectivity index (χ1) is 11.5. The van der Waals surface area contributed by atoms with Crippen LogP contribution in [-0.4, -0.2) is 53.2 Å². The summed E-state index contributed by atoms with van der Waals surface area (Å²) in [5, 5.41) is 20.8. The monoisotopic (exact) mass is 344 g/mol. The number of anilines is 1. The highest BCUT2D eigenvalue weighted by Gasteiger charge is 2.16. The molecule has 0 radical (unpaired) electrons. The second kappa shape index (κ2) is 8.38. The third kappa shape index (κ3) is 5.30. The Morgan fingerprint density at radius 2 is 1.96 bits per heavy atom. The lowest BCUT2D eigenvalue weighted by Gasteiger charge is -2.24. The van der Waals surface area contributed by atoms with Crippen molar-refractivity contribution in [2.24, 2.45) is 0 Å². The molecule has 8 heteroatoms. The van der Waals surface area contributed by atoms with Gasteiger partial charge in [0, 0.05) is 19.6 Å². The number of hydrogen-bond acceptors (Lipinski definition) is 6. The lowest BCUT2D eigenvalue weighted by Crippen LogP contribution is -2.39. The summed E-state index contributed by atoms with van der Waals surface area (Å²) in [6, 6.07) is 9.12. The van der Waals surface area contributed by atoms with Gasteiger partial charge in [-0.25, -0.2) is 4.79 Å². The van der Waals surface area contributed by atoms with E-state index in [-0.39, 0.29) is 6.03 Å². The van der Waals surface area contributed by atoms with Crippen LogP contribution in [0.4, 0.5) is 9.93 Å². The Bertz CT molecular complexity index is 719. The summed E-state index contributed by atoms with van der Waals surface area (Å²) >= 11 is 1.34. The Morgan fingerprint density at radius 3 is 2.50 bits per heavy atom. The third-order valence-electron chi connectivity index (χ3n) is 3.30. The fourth-order valence-corrected chi connectivity index (χ4v) is 2.58. The van der Waals surface area contributed by atoms with Gasteiger partial charge in [-0.1, -0.05) is 23.5 Å². The molecule has 126 valence electrons. The second-order valence-corrected chi connectivity index (χ2v) is 6.77. The van der Waals surface area contributed by atoms with E-state index in [2.05, 4.69) is 21.6 Å². The molecule has 2 rings (SSSR count). The zero-order valence-corrected chi connectivity index (χ0v) is 14.8. The summed E-state index contributed by atoms with van der Waals surface area (Å²) in [5.74, 6) is 0. The Labute approximate surface area is 145 Å². The third-order valence-corrected chi connectivity index (χ3v) is 4.05. The number of hydrogen-bond donors (Lipinski definition) is 1. The summed E-state index contributed by atoms with van der Waals surface area (Å²) in [5.41, 5.74) is 1.57. The molecule has 24 heavy (non-hydrogen) atoms. The molecule has 7 nitrogen and oxygen atoms in total. The van der Waals surface area contributed by atoms with E-state index >= 15 is 0 Å². The lowest BCUT2D eigenvalue weighted by atomic mass is 10.1. The van der Waals surface area contributed by atoms with E-state index in [1.54, 1.807) is 17.0 Å². The highest BCUT2D eigenvalue weighted by Crippen LogP contribution is 2.15. The van der Waals surface area contributed by atoms with Crippen LogP contribution in [0.1, 0.15) is 16.1 Å². The zero-order valence-electron chi connectivity index (χ0n) is 14.0. The standard InChI is InChI=1S/C16H20N6OS/c1-12-19-20-15(24-12)18-16(23)22(9-8-21(2)3)11-14-6-4-13(10-17)5-7-14/h4-7H,8-9,11H2,1-3H3,(H,18,20,23). The first-order valence-electron chi connectivity index (χ1n) is 7.47. The van der Waals surface area contributed by atoms with Crippen LogP contribution in [0, 0.1) is 18.3 Å². The van der Waals surface area contributed by atoms with Crippen LogP contribution in [-0.2, 0) is 6.54 Å². The Morgan fingerprint density at radius 1 is 1.25 bits per heavy atom. The maximum Gasteiger partial charge on any atom is 0.324 e. The summed E-state index contributed by atoms with van der Waals surface area (Å²) in [7, 11) is 3.93. The Kier molecular flexibility index (Phi) is 6.23. The molecule has 1 aromatic heterocycles. The van der Waals surface area contributed by atoms with Crippen molar-refractivity contribution in [3.8, 4) is 6.07 Å². The molecule has 1 aromatic carbocycles. The fourth-order valence-electron chi connectivity index (χ4n) is 2.00. The smallest absolute Gasteiger partial charge is 0.319 e. The molecule has 0 spiro atoms. The Hall–Kier alpha value is -2.50. The van der Waals surface area contributed by atoms with Gasteiger partial charge in [-0.05, 0) is 38.7 Å². The lowest BCUT2D eigenvalue weighted by molar-refractivity contribution is 0.202. The number of nitrogens with one attached hydrogen (secondary N) is 1. The molecule has 1 heterocycles. The van der Waals surface area contributed by atoms with Crippen molar-refractivity contribution in [2.45, 2.75) is 13.5 Å². The maximum atomic E-state index is 12.5. The quantitative estimate of drug-likeness (QED) is 0.869. The highest BCUT2D eigenvalue weighted by atomic mass is 32.1. The van der Waals surface area contributed by atoms with Crippen LogP contribution in [0.2, 0.25) is 0 Å². The van der Waals surface area contributed by atoms with E-state index in [0.29, 0.717) is 23.8 Å². The summed E-state index contributed by atoms with van der Waals surface area (Å²) in [4.78, 5) is 16.3. The van der Waals surface area contributed by atoms with E-state index < -0.39 is 0 Å². The van der Waals surface area contributed by atoms with E-state index in [1.807, 2.05) is 38.1 Å². The molecule has 0 unspecified atom stereocenters. The zero-order chi connectivity index (χ0) is 17.5. The molecule has 0 atom stereocenters. The number of nitrogens with zero attached hydrogens (tertiary/aromatic N) is 5. The van der Waals surface area contributed by atoms with Gasteiger partial charge in [-0.15, -0.1) is 10.2 Å². The average molecular weight is 344 g/mol. The maximum absolute atomic E-state index is 12.5. The molecule has 0 saturated heterocycles. The van der Waals surface area contributed by atoms with Crippen molar-refractivity contribution in [3.05, 3.63) is 40.4 Å². The van der Waals surface area contributed by atoms with Crippen LogP contribution < -0.4 is 5.32 Å². The van der Waals surface area contributed by atoms with Crippen molar-refractivity contribution >= 4 is 22.5 Å². The highest BCUT2D eigenvalue weighted by molar-refractivity contribution is 7.15.